The number of carbonyl (C=O) groups excluding carboxylic acids is 3. The Hall–Kier alpha value is -5.18. The van der Waals surface area contributed by atoms with Crippen molar-refractivity contribution in [3.05, 3.63) is 130 Å². The van der Waals surface area contributed by atoms with Crippen molar-refractivity contribution >= 4 is 46.9 Å². The van der Waals surface area contributed by atoms with E-state index in [4.69, 9.17) is 0 Å². The molecule has 238 valence electrons. The number of rotatable bonds is 9. The van der Waals surface area contributed by atoms with Gasteiger partial charge in [0.1, 0.15) is 22.8 Å². The molecule has 3 amide bonds. The summed E-state index contributed by atoms with van der Waals surface area (Å²) in [5.41, 5.74) is -4.32. The molecule has 4 aromatic carbocycles. The zero-order valence-electron chi connectivity index (χ0n) is 22.9. The Kier molecular flexibility index (Phi) is 10.5. The average Bonchev–Trinajstić information content (AvgIpc) is 3.02. The van der Waals surface area contributed by atoms with Crippen LogP contribution in [0.15, 0.2) is 89.5 Å². The number of hydrogen-bond acceptors (Lipinski definition) is 4. The summed E-state index contributed by atoms with van der Waals surface area (Å²) in [5, 5.41) is 6.52. The molecule has 0 radical (unpaired) electrons. The summed E-state index contributed by atoms with van der Waals surface area (Å²) < 4.78 is 108. The van der Waals surface area contributed by atoms with Crippen LogP contribution in [-0.4, -0.2) is 23.5 Å². The first kappa shape index (κ1) is 33.7. The summed E-state index contributed by atoms with van der Waals surface area (Å²) in [4.78, 5) is 38.4. The van der Waals surface area contributed by atoms with Gasteiger partial charge in [0.05, 0.1) is 5.75 Å². The predicted molar refractivity (Wildman–Crippen MR) is 154 cm³/mol. The molecule has 4 aromatic rings. The molecular formula is C31H19F8N3O3S. The van der Waals surface area contributed by atoms with Gasteiger partial charge >= 0.3 is 6.18 Å². The molecule has 0 spiro atoms. The highest BCUT2D eigenvalue weighted by Gasteiger charge is 2.42. The number of thioether (sulfide) groups is 1. The maximum Gasteiger partial charge on any atom is 0.422 e. The third kappa shape index (κ3) is 8.10. The summed E-state index contributed by atoms with van der Waals surface area (Å²) >= 11 is 0.771. The predicted octanol–water partition coefficient (Wildman–Crippen LogP) is 7.54. The molecule has 0 fully saturated rings. The highest BCUT2D eigenvalue weighted by atomic mass is 32.2. The molecule has 3 N–H and O–H groups in total. The van der Waals surface area contributed by atoms with Crippen molar-refractivity contribution in [2.45, 2.75) is 11.1 Å². The molecule has 0 bridgehead atoms. The SMILES string of the molecule is O=C(CSc1ccc(NC(=O)/C(=C/c2ccccc2F)NC(=O)c2ccccc2)cc1)Nc1c(F)c(F)c(C(F)(F)F)c(F)c1F. The molecule has 4 rings (SSSR count). The number of hydrogen-bond donors (Lipinski definition) is 3. The fourth-order valence-electron chi connectivity index (χ4n) is 3.84. The highest BCUT2D eigenvalue weighted by molar-refractivity contribution is 8.00. The van der Waals surface area contributed by atoms with E-state index in [-0.39, 0.29) is 22.5 Å². The van der Waals surface area contributed by atoms with E-state index < -0.39 is 70.0 Å². The monoisotopic (exact) mass is 665 g/mol. The van der Waals surface area contributed by atoms with Gasteiger partial charge in [0.15, 0.2) is 23.3 Å². The van der Waals surface area contributed by atoms with Gasteiger partial charge in [0, 0.05) is 21.7 Å². The third-order valence-corrected chi connectivity index (χ3v) is 7.04. The van der Waals surface area contributed by atoms with Gasteiger partial charge in [-0.3, -0.25) is 14.4 Å². The molecule has 0 atom stereocenters. The van der Waals surface area contributed by atoms with Crippen LogP contribution in [0.5, 0.6) is 0 Å². The second-order valence-electron chi connectivity index (χ2n) is 9.22. The van der Waals surface area contributed by atoms with Crippen LogP contribution < -0.4 is 16.0 Å². The third-order valence-electron chi connectivity index (χ3n) is 6.03. The quantitative estimate of drug-likeness (QED) is 0.0747. The molecule has 15 heteroatoms. The first-order chi connectivity index (χ1) is 21.8. The summed E-state index contributed by atoms with van der Waals surface area (Å²) in [6.45, 7) is 0. The molecule has 0 saturated carbocycles. The van der Waals surface area contributed by atoms with E-state index in [2.05, 4.69) is 10.6 Å². The molecule has 0 aromatic heterocycles. The van der Waals surface area contributed by atoms with Crippen LogP contribution in [0.4, 0.5) is 46.5 Å². The molecule has 0 aliphatic heterocycles. The first-order valence-electron chi connectivity index (χ1n) is 12.9. The van der Waals surface area contributed by atoms with E-state index in [1.807, 2.05) is 0 Å². The van der Waals surface area contributed by atoms with Gasteiger partial charge in [0.2, 0.25) is 5.91 Å². The minimum absolute atomic E-state index is 0.0209. The van der Waals surface area contributed by atoms with Gasteiger partial charge in [-0.15, -0.1) is 11.8 Å². The zero-order valence-corrected chi connectivity index (χ0v) is 23.8. The van der Waals surface area contributed by atoms with Crippen LogP contribution in [0.2, 0.25) is 0 Å². The van der Waals surface area contributed by atoms with Crippen molar-refractivity contribution in [2.75, 3.05) is 16.4 Å². The van der Waals surface area contributed by atoms with E-state index in [1.165, 1.54) is 66.0 Å². The first-order valence-corrected chi connectivity index (χ1v) is 13.8. The minimum atomic E-state index is -5.73. The van der Waals surface area contributed by atoms with Crippen molar-refractivity contribution < 1.29 is 49.5 Å². The lowest BCUT2D eigenvalue weighted by atomic mass is 10.1. The fraction of sp³-hybridized carbons (Fsp3) is 0.0645. The summed E-state index contributed by atoms with van der Waals surface area (Å²) in [7, 11) is 0. The van der Waals surface area contributed by atoms with Crippen LogP contribution in [0.25, 0.3) is 6.08 Å². The van der Waals surface area contributed by atoms with Gasteiger partial charge in [0.25, 0.3) is 11.8 Å². The van der Waals surface area contributed by atoms with Gasteiger partial charge in [-0.25, -0.2) is 22.0 Å². The van der Waals surface area contributed by atoms with Crippen molar-refractivity contribution in [1.29, 1.82) is 0 Å². The Labute approximate surface area is 259 Å². The maximum absolute atomic E-state index is 14.3. The number of benzene rings is 4. The van der Waals surface area contributed by atoms with Crippen molar-refractivity contribution in [1.82, 2.24) is 5.32 Å². The van der Waals surface area contributed by atoms with Crippen LogP contribution in [0.3, 0.4) is 0 Å². The van der Waals surface area contributed by atoms with E-state index in [0.29, 0.717) is 4.90 Å². The molecule has 46 heavy (non-hydrogen) atoms. The Balaban J connectivity index is 1.43. The van der Waals surface area contributed by atoms with Crippen molar-refractivity contribution in [2.24, 2.45) is 0 Å². The smallest absolute Gasteiger partial charge is 0.321 e. The summed E-state index contributed by atoms with van der Waals surface area (Å²) in [6, 6.07) is 19.1. The van der Waals surface area contributed by atoms with Crippen LogP contribution in [0.1, 0.15) is 21.5 Å². The molecule has 0 aliphatic carbocycles. The lowest BCUT2D eigenvalue weighted by molar-refractivity contribution is -0.143. The largest absolute Gasteiger partial charge is 0.422 e. The molecule has 0 saturated heterocycles. The number of anilines is 2. The van der Waals surface area contributed by atoms with Gasteiger partial charge in [-0.2, -0.15) is 13.2 Å². The molecule has 6 nitrogen and oxygen atoms in total. The number of nitrogens with one attached hydrogen (secondary N) is 3. The highest BCUT2D eigenvalue weighted by Crippen LogP contribution is 2.38. The lowest BCUT2D eigenvalue weighted by Crippen LogP contribution is -2.30. The average molecular weight is 666 g/mol. The molecule has 0 heterocycles. The Morgan fingerprint density at radius 1 is 0.717 bits per heavy atom. The van der Waals surface area contributed by atoms with E-state index >= 15 is 0 Å². The van der Waals surface area contributed by atoms with Gasteiger partial charge < -0.3 is 16.0 Å². The second-order valence-corrected chi connectivity index (χ2v) is 10.3. The minimum Gasteiger partial charge on any atom is -0.321 e. The maximum atomic E-state index is 14.3. The fourth-order valence-corrected chi connectivity index (χ4v) is 4.54. The Morgan fingerprint density at radius 3 is 1.89 bits per heavy atom. The van der Waals surface area contributed by atoms with Gasteiger partial charge in [-0.1, -0.05) is 36.4 Å². The normalized spacial score (nSPS) is 11.6. The Bertz CT molecular complexity index is 1790. The second kappa shape index (κ2) is 14.3. The molecular weight excluding hydrogens is 646 g/mol. The summed E-state index contributed by atoms with van der Waals surface area (Å²) in [5.74, 6) is -14.1. The van der Waals surface area contributed by atoms with Crippen LogP contribution >= 0.6 is 11.8 Å². The van der Waals surface area contributed by atoms with Crippen LogP contribution in [-0.2, 0) is 15.8 Å². The van der Waals surface area contributed by atoms with E-state index in [1.54, 1.807) is 18.2 Å². The van der Waals surface area contributed by atoms with Gasteiger partial charge in [-0.05, 0) is 48.5 Å². The number of alkyl halides is 3. The van der Waals surface area contributed by atoms with E-state index in [9.17, 15) is 49.5 Å². The number of halogens is 8. The topological polar surface area (TPSA) is 87.3 Å². The molecule has 0 unspecified atom stereocenters. The summed E-state index contributed by atoms with van der Waals surface area (Å²) in [6.07, 6.45) is -4.58. The van der Waals surface area contributed by atoms with Crippen LogP contribution in [0, 0.1) is 29.1 Å². The van der Waals surface area contributed by atoms with E-state index in [0.717, 1.165) is 17.8 Å². The van der Waals surface area contributed by atoms with Crippen molar-refractivity contribution in [3.8, 4) is 0 Å². The number of carbonyl (C=O) groups is 3. The lowest BCUT2D eigenvalue weighted by Gasteiger charge is -2.14. The standard InChI is InChI=1S/C31H19F8N3O3S/c32-20-9-5-4-8-17(20)14-21(41-29(44)16-6-2-1-3-7-16)30(45)40-18-10-12-19(13-11-18)46-15-22(43)42-28-26(35)24(33)23(31(37,38)39)25(34)27(28)36/h1-14H,15H2,(H,40,45)(H,41,44)(H,42,43)/b21-14-. The zero-order chi connectivity index (χ0) is 33.6. The Morgan fingerprint density at radius 2 is 1.30 bits per heavy atom. The number of amides is 3. The molecule has 0 aliphatic rings. The van der Waals surface area contributed by atoms with Crippen molar-refractivity contribution in [3.63, 3.8) is 0 Å².